The number of nitrogens with two attached hydrogens (primary N) is 1. The number of ether oxygens (including phenoxy) is 1. The minimum atomic E-state index is -1.30. The molecule has 6 nitrogen and oxygen atoms in total. The Morgan fingerprint density at radius 1 is 1.44 bits per heavy atom. The molecule has 1 amide bonds. The lowest BCUT2D eigenvalue weighted by Gasteiger charge is -2.32. The summed E-state index contributed by atoms with van der Waals surface area (Å²) >= 11 is 0. The fraction of sp³-hybridized carbons (Fsp3) is 0.412. The molecule has 1 unspecified atom stereocenters. The Kier molecular flexibility index (Phi) is 4.86. The lowest BCUT2D eigenvalue weighted by atomic mass is 10.0. The van der Waals surface area contributed by atoms with Crippen LogP contribution in [0.1, 0.15) is 6.42 Å². The van der Waals surface area contributed by atoms with Crippen LogP contribution in [0.15, 0.2) is 29.8 Å². The number of hydrogen-bond donors (Lipinski definition) is 1. The van der Waals surface area contributed by atoms with Gasteiger partial charge < -0.3 is 15.4 Å². The van der Waals surface area contributed by atoms with Gasteiger partial charge in [-0.15, -0.1) is 0 Å². The summed E-state index contributed by atoms with van der Waals surface area (Å²) in [7, 11) is 0. The molecule has 132 valence electrons. The molecule has 2 N–H and O–H groups in total. The second-order valence-corrected chi connectivity index (χ2v) is 6.00. The van der Waals surface area contributed by atoms with E-state index in [4.69, 9.17) is 15.7 Å². The van der Waals surface area contributed by atoms with Crippen LogP contribution in [0, 0.1) is 17.1 Å². The van der Waals surface area contributed by atoms with E-state index in [1.807, 2.05) is 6.07 Å². The van der Waals surface area contributed by atoms with Crippen molar-refractivity contribution in [2.45, 2.75) is 18.7 Å². The van der Waals surface area contributed by atoms with Crippen LogP contribution in [0.3, 0.4) is 0 Å². The Bertz CT molecular complexity index is 747. The molecule has 1 aromatic rings. The molecule has 2 aliphatic heterocycles. The third-order valence-electron chi connectivity index (χ3n) is 4.42. The number of allylic oxidation sites excluding steroid dienone is 1. The van der Waals surface area contributed by atoms with Gasteiger partial charge in [-0.05, 0) is 30.2 Å². The molecule has 2 heterocycles. The first-order chi connectivity index (χ1) is 12.0. The molecular weight excluding hydrogens is 330 g/mol. The molecule has 0 spiro atoms. The average Bonchev–Trinajstić information content (AvgIpc) is 2.98. The number of carbonyl (C=O) groups is 1. The molecule has 2 atom stereocenters. The average molecular weight is 348 g/mol. The lowest BCUT2D eigenvalue weighted by molar-refractivity contribution is 0.145. The quantitative estimate of drug-likeness (QED) is 0.846. The van der Waals surface area contributed by atoms with Gasteiger partial charge in [-0.1, -0.05) is 0 Å². The van der Waals surface area contributed by atoms with E-state index in [1.54, 1.807) is 11.0 Å². The number of amides is 1. The van der Waals surface area contributed by atoms with Gasteiger partial charge in [0, 0.05) is 19.2 Å². The third kappa shape index (κ3) is 3.42. The number of alkyl halides is 1. The van der Waals surface area contributed by atoms with E-state index < -0.39 is 24.2 Å². The van der Waals surface area contributed by atoms with Gasteiger partial charge in [-0.2, -0.15) is 5.26 Å². The third-order valence-corrected chi connectivity index (χ3v) is 4.42. The predicted octanol–water partition coefficient (Wildman–Crippen LogP) is 2.11. The summed E-state index contributed by atoms with van der Waals surface area (Å²) in [5.41, 5.74) is 6.57. The molecule has 2 saturated heterocycles. The SMILES string of the molecule is N#CC=C1CCN(c2ccc(N3C[C@H](CN)OC3=O)cc2F)CC1F. The second-order valence-electron chi connectivity index (χ2n) is 6.00. The van der Waals surface area contributed by atoms with Crippen molar-refractivity contribution in [3.8, 4) is 6.07 Å². The molecule has 0 radical (unpaired) electrons. The van der Waals surface area contributed by atoms with E-state index in [0.717, 1.165) is 0 Å². The number of benzene rings is 1. The summed E-state index contributed by atoms with van der Waals surface area (Å²) in [6.45, 7) is 0.885. The largest absolute Gasteiger partial charge is 0.443 e. The van der Waals surface area contributed by atoms with Crippen molar-refractivity contribution >= 4 is 17.5 Å². The molecule has 0 saturated carbocycles. The van der Waals surface area contributed by atoms with E-state index in [0.29, 0.717) is 24.2 Å². The minimum Gasteiger partial charge on any atom is -0.443 e. The predicted molar refractivity (Wildman–Crippen MR) is 88.5 cm³/mol. The molecule has 25 heavy (non-hydrogen) atoms. The first kappa shape index (κ1) is 17.2. The van der Waals surface area contributed by atoms with Crippen molar-refractivity contribution in [2.24, 2.45) is 5.73 Å². The summed E-state index contributed by atoms with van der Waals surface area (Å²) in [5, 5.41) is 8.64. The molecule has 2 aliphatic rings. The number of rotatable bonds is 3. The summed E-state index contributed by atoms with van der Waals surface area (Å²) < 4.78 is 33.7. The summed E-state index contributed by atoms with van der Waals surface area (Å²) in [4.78, 5) is 14.7. The molecular formula is C17H18F2N4O2. The number of anilines is 2. The van der Waals surface area contributed by atoms with Gasteiger partial charge in [0.05, 0.1) is 30.5 Å². The fourth-order valence-corrected chi connectivity index (χ4v) is 3.06. The first-order valence-electron chi connectivity index (χ1n) is 7.98. The van der Waals surface area contributed by atoms with Gasteiger partial charge in [0.1, 0.15) is 18.1 Å². The normalized spacial score (nSPS) is 25.2. The van der Waals surface area contributed by atoms with E-state index in [1.165, 1.54) is 23.1 Å². The number of hydrogen-bond acceptors (Lipinski definition) is 5. The Morgan fingerprint density at radius 2 is 2.24 bits per heavy atom. The van der Waals surface area contributed by atoms with Crippen LogP contribution in [-0.4, -0.2) is 44.5 Å². The monoisotopic (exact) mass is 348 g/mol. The van der Waals surface area contributed by atoms with Crippen LogP contribution in [0.2, 0.25) is 0 Å². The number of halogens is 2. The van der Waals surface area contributed by atoms with E-state index in [2.05, 4.69) is 0 Å². The zero-order valence-corrected chi connectivity index (χ0v) is 13.5. The number of piperidine rings is 1. The van der Waals surface area contributed by atoms with Gasteiger partial charge in [-0.25, -0.2) is 13.6 Å². The highest BCUT2D eigenvalue weighted by molar-refractivity contribution is 5.90. The van der Waals surface area contributed by atoms with Crippen molar-refractivity contribution in [3.05, 3.63) is 35.7 Å². The Balaban J connectivity index is 1.76. The highest BCUT2D eigenvalue weighted by Crippen LogP contribution is 2.31. The fourth-order valence-electron chi connectivity index (χ4n) is 3.06. The molecule has 0 aliphatic carbocycles. The van der Waals surface area contributed by atoms with E-state index >= 15 is 0 Å². The molecule has 8 heteroatoms. The topological polar surface area (TPSA) is 82.6 Å². The Labute approximate surface area is 144 Å². The van der Waals surface area contributed by atoms with Crippen molar-refractivity contribution in [1.29, 1.82) is 5.26 Å². The van der Waals surface area contributed by atoms with Gasteiger partial charge >= 0.3 is 6.09 Å². The molecule has 2 fully saturated rings. The number of carbonyl (C=O) groups excluding carboxylic acids is 1. The van der Waals surface area contributed by atoms with Crippen molar-refractivity contribution < 1.29 is 18.3 Å². The van der Waals surface area contributed by atoms with Crippen LogP contribution in [0.5, 0.6) is 0 Å². The zero-order chi connectivity index (χ0) is 18.0. The Hall–Kier alpha value is -2.66. The smallest absolute Gasteiger partial charge is 0.414 e. The Morgan fingerprint density at radius 3 is 2.84 bits per heavy atom. The zero-order valence-electron chi connectivity index (χ0n) is 13.5. The summed E-state index contributed by atoms with van der Waals surface area (Å²) in [6.07, 6.45) is -0.682. The minimum absolute atomic E-state index is 0.00914. The first-order valence-corrected chi connectivity index (χ1v) is 7.98. The highest BCUT2D eigenvalue weighted by atomic mass is 19.1. The standard InChI is InChI=1S/C17H18F2N4O2/c18-14-7-12(23-9-13(8-21)25-17(23)24)1-2-16(14)22-6-4-11(3-5-20)15(19)10-22/h1-3,7,13,15H,4,6,8-10,21H2/t13-,15?/m0/s1. The maximum absolute atomic E-state index is 14.5. The second kappa shape index (κ2) is 7.07. The van der Waals surface area contributed by atoms with Crippen LogP contribution in [0.25, 0.3) is 0 Å². The van der Waals surface area contributed by atoms with Crippen LogP contribution >= 0.6 is 0 Å². The van der Waals surface area contributed by atoms with Crippen LogP contribution in [0.4, 0.5) is 25.0 Å². The van der Waals surface area contributed by atoms with Crippen molar-refractivity contribution in [3.63, 3.8) is 0 Å². The van der Waals surface area contributed by atoms with Gasteiger partial charge in [0.2, 0.25) is 0 Å². The summed E-state index contributed by atoms with van der Waals surface area (Å²) in [6, 6.07) is 6.20. The number of cyclic esters (lactones) is 1. The van der Waals surface area contributed by atoms with Crippen LogP contribution in [-0.2, 0) is 4.74 Å². The molecule has 0 aromatic heterocycles. The van der Waals surface area contributed by atoms with E-state index in [-0.39, 0.29) is 25.3 Å². The highest BCUT2D eigenvalue weighted by Gasteiger charge is 2.32. The number of nitrogens with zero attached hydrogens (tertiary/aromatic N) is 3. The lowest BCUT2D eigenvalue weighted by Crippen LogP contribution is -2.38. The number of nitriles is 1. The van der Waals surface area contributed by atoms with Crippen molar-refractivity contribution in [1.82, 2.24) is 0 Å². The molecule has 1 aromatic carbocycles. The maximum Gasteiger partial charge on any atom is 0.414 e. The summed E-state index contributed by atoms with van der Waals surface area (Å²) in [5.74, 6) is -0.540. The van der Waals surface area contributed by atoms with E-state index in [9.17, 15) is 13.6 Å². The molecule has 3 rings (SSSR count). The molecule has 0 bridgehead atoms. The van der Waals surface area contributed by atoms with Gasteiger partial charge in [-0.3, -0.25) is 4.90 Å². The van der Waals surface area contributed by atoms with Gasteiger partial charge in [0.15, 0.2) is 0 Å². The van der Waals surface area contributed by atoms with Gasteiger partial charge in [0.25, 0.3) is 0 Å². The van der Waals surface area contributed by atoms with Crippen molar-refractivity contribution in [2.75, 3.05) is 36.0 Å². The maximum atomic E-state index is 14.5. The van der Waals surface area contributed by atoms with Crippen LogP contribution < -0.4 is 15.5 Å².